The third-order valence-corrected chi connectivity index (χ3v) is 3.37. The number of methoxy groups -OCH3 is 1. The summed E-state index contributed by atoms with van der Waals surface area (Å²) in [5.74, 6) is -0.622. The van der Waals surface area contributed by atoms with Crippen LogP contribution in [-0.4, -0.2) is 27.6 Å². The van der Waals surface area contributed by atoms with Gasteiger partial charge in [-0.15, -0.1) is 0 Å². The van der Waals surface area contributed by atoms with Crippen molar-refractivity contribution in [2.45, 2.75) is 6.54 Å². The topological polar surface area (TPSA) is 87.3 Å². The van der Waals surface area contributed by atoms with Gasteiger partial charge < -0.3 is 19.4 Å². The van der Waals surface area contributed by atoms with E-state index in [4.69, 9.17) is 0 Å². The summed E-state index contributed by atoms with van der Waals surface area (Å²) in [5.41, 5.74) is 1.30. The van der Waals surface area contributed by atoms with Gasteiger partial charge in [-0.2, -0.15) is 0 Å². The molecule has 1 heterocycles. The Kier molecular flexibility index (Phi) is 4.14. The highest BCUT2D eigenvalue weighted by molar-refractivity contribution is 9.10. The number of esters is 1. The molecule has 0 saturated heterocycles. The molecule has 7 nitrogen and oxygen atoms in total. The molecule has 8 heteroatoms. The van der Waals surface area contributed by atoms with Crippen LogP contribution < -0.4 is 0 Å². The van der Waals surface area contributed by atoms with Crippen molar-refractivity contribution >= 4 is 27.7 Å². The second-order valence-corrected chi connectivity index (χ2v) is 4.81. The SMILES string of the molecule is COC(=O)c1ccc(Cn2cnc([N+](=O)[O-])c2)c(Br)c1. The summed E-state index contributed by atoms with van der Waals surface area (Å²) in [6, 6.07) is 5.03. The van der Waals surface area contributed by atoms with Crippen LogP contribution in [0.5, 0.6) is 0 Å². The zero-order valence-corrected chi connectivity index (χ0v) is 12.0. The second-order valence-electron chi connectivity index (χ2n) is 3.96. The first kappa shape index (κ1) is 14.2. The highest BCUT2D eigenvalue weighted by Crippen LogP contribution is 2.21. The first-order chi connectivity index (χ1) is 9.51. The summed E-state index contributed by atoms with van der Waals surface area (Å²) in [6.45, 7) is 0.406. The Hall–Kier alpha value is -2.22. The Morgan fingerprint density at radius 3 is 2.85 bits per heavy atom. The van der Waals surface area contributed by atoms with Crippen molar-refractivity contribution in [1.29, 1.82) is 0 Å². The lowest BCUT2D eigenvalue weighted by Gasteiger charge is -2.06. The molecule has 0 amide bonds. The van der Waals surface area contributed by atoms with E-state index >= 15 is 0 Å². The molecule has 2 aromatic rings. The van der Waals surface area contributed by atoms with E-state index in [1.807, 2.05) is 0 Å². The molecule has 0 fully saturated rings. The normalized spacial score (nSPS) is 10.3. The number of carbonyl (C=O) groups excluding carboxylic acids is 1. The van der Waals surface area contributed by atoms with Gasteiger partial charge in [0.25, 0.3) is 0 Å². The highest BCUT2D eigenvalue weighted by Gasteiger charge is 2.12. The molecule has 0 aliphatic carbocycles. The van der Waals surface area contributed by atoms with Crippen molar-refractivity contribution in [2.75, 3.05) is 7.11 Å². The molecule has 20 heavy (non-hydrogen) atoms. The number of benzene rings is 1. The molecule has 0 aliphatic rings. The number of aromatic nitrogens is 2. The van der Waals surface area contributed by atoms with Crippen LogP contribution in [0.15, 0.2) is 35.2 Å². The maximum absolute atomic E-state index is 11.4. The zero-order chi connectivity index (χ0) is 14.7. The first-order valence-corrected chi connectivity index (χ1v) is 6.33. The number of hydrogen-bond acceptors (Lipinski definition) is 5. The summed E-state index contributed by atoms with van der Waals surface area (Å²) in [7, 11) is 1.31. The predicted molar refractivity (Wildman–Crippen MR) is 73.5 cm³/mol. The zero-order valence-electron chi connectivity index (χ0n) is 10.4. The lowest BCUT2D eigenvalue weighted by Crippen LogP contribution is -2.03. The molecule has 104 valence electrons. The van der Waals surface area contributed by atoms with E-state index in [1.165, 1.54) is 19.6 Å². The average Bonchev–Trinajstić information content (AvgIpc) is 2.89. The Balaban J connectivity index is 2.21. The molecule has 1 aromatic carbocycles. The van der Waals surface area contributed by atoms with Gasteiger partial charge in [0.2, 0.25) is 6.33 Å². The fraction of sp³-hybridized carbons (Fsp3) is 0.167. The third kappa shape index (κ3) is 3.02. The molecule has 0 aliphatic heterocycles. The number of halogens is 1. The molecule has 0 atom stereocenters. The average molecular weight is 340 g/mol. The highest BCUT2D eigenvalue weighted by atomic mass is 79.9. The van der Waals surface area contributed by atoms with Gasteiger partial charge in [-0.05, 0) is 27.6 Å². The van der Waals surface area contributed by atoms with E-state index in [-0.39, 0.29) is 5.82 Å². The van der Waals surface area contributed by atoms with Gasteiger partial charge in [0, 0.05) is 4.47 Å². The van der Waals surface area contributed by atoms with Crippen LogP contribution in [0.3, 0.4) is 0 Å². The van der Waals surface area contributed by atoms with E-state index in [2.05, 4.69) is 25.7 Å². The number of carbonyl (C=O) groups is 1. The number of imidazole rings is 1. The summed E-state index contributed by atoms with van der Waals surface area (Å²) in [6.07, 6.45) is 2.74. The Bertz CT molecular complexity index is 668. The van der Waals surface area contributed by atoms with Gasteiger partial charge in [0.05, 0.1) is 19.2 Å². The fourth-order valence-corrected chi connectivity index (χ4v) is 2.15. The third-order valence-electron chi connectivity index (χ3n) is 2.63. The molecule has 0 N–H and O–H groups in total. The number of nitrogens with zero attached hydrogens (tertiary/aromatic N) is 3. The molecule has 2 rings (SSSR count). The van der Waals surface area contributed by atoms with Crippen molar-refractivity contribution in [3.05, 3.63) is 56.4 Å². The Morgan fingerprint density at radius 2 is 2.30 bits per heavy atom. The number of hydrogen-bond donors (Lipinski definition) is 0. The molecule has 0 bridgehead atoms. The van der Waals surface area contributed by atoms with Crippen molar-refractivity contribution < 1.29 is 14.5 Å². The molecular weight excluding hydrogens is 330 g/mol. The Morgan fingerprint density at radius 1 is 1.55 bits per heavy atom. The maximum Gasteiger partial charge on any atom is 0.381 e. The van der Waals surface area contributed by atoms with Crippen LogP contribution in [0.25, 0.3) is 0 Å². The summed E-state index contributed by atoms with van der Waals surface area (Å²) in [4.78, 5) is 25.1. The van der Waals surface area contributed by atoms with Crippen LogP contribution >= 0.6 is 15.9 Å². The number of ether oxygens (including phenoxy) is 1. The summed E-state index contributed by atoms with van der Waals surface area (Å²) in [5, 5.41) is 10.6. The fourth-order valence-electron chi connectivity index (χ4n) is 1.65. The quantitative estimate of drug-likeness (QED) is 0.484. The minimum absolute atomic E-state index is 0.202. The van der Waals surface area contributed by atoms with Crippen LogP contribution in [0.1, 0.15) is 15.9 Å². The van der Waals surface area contributed by atoms with Crippen LogP contribution in [0.4, 0.5) is 5.82 Å². The van der Waals surface area contributed by atoms with Gasteiger partial charge in [-0.3, -0.25) is 0 Å². The van der Waals surface area contributed by atoms with E-state index < -0.39 is 10.9 Å². The molecule has 0 radical (unpaired) electrons. The van der Waals surface area contributed by atoms with E-state index in [9.17, 15) is 14.9 Å². The molecule has 0 saturated carbocycles. The molecule has 0 unspecified atom stereocenters. The van der Waals surface area contributed by atoms with Crippen molar-refractivity contribution in [3.63, 3.8) is 0 Å². The second kappa shape index (κ2) is 5.83. The van der Waals surface area contributed by atoms with Gasteiger partial charge in [0.1, 0.15) is 6.20 Å². The summed E-state index contributed by atoms with van der Waals surface area (Å²) < 4.78 is 6.94. The summed E-state index contributed by atoms with van der Waals surface area (Å²) >= 11 is 3.36. The molecule has 0 spiro atoms. The van der Waals surface area contributed by atoms with Crippen LogP contribution in [0.2, 0.25) is 0 Å². The van der Waals surface area contributed by atoms with Crippen molar-refractivity contribution in [3.8, 4) is 0 Å². The number of nitro groups is 1. The van der Waals surface area contributed by atoms with E-state index in [0.29, 0.717) is 12.1 Å². The standard InChI is InChI=1S/C12H10BrN3O4/c1-20-12(17)8-2-3-9(10(13)4-8)5-15-6-11(14-7-15)16(18)19/h2-4,6-7H,5H2,1H3. The first-order valence-electron chi connectivity index (χ1n) is 5.54. The van der Waals surface area contributed by atoms with Gasteiger partial charge in [0.15, 0.2) is 0 Å². The van der Waals surface area contributed by atoms with Gasteiger partial charge in [-0.25, -0.2) is 4.79 Å². The molecule has 1 aromatic heterocycles. The van der Waals surface area contributed by atoms with Crippen LogP contribution in [-0.2, 0) is 11.3 Å². The minimum atomic E-state index is -0.550. The lowest BCUT2D eigenvalue weighted by atomic mass is 10.1. The van der Waals surface area contributed by atoms with Crippen molar-refractivity contribution in [2.24, 2.45) is 0 Å². The van der Waals surface area contributed by atoms with E-state index in [0.717, 1.165) is 10.0 Å². The Labute approximate surface area is 122 Å². The number of rotatable bonds is 4. The van der Waals surface area contributed by atoms with Crippen LogP contribution in [0, 0.1) is 10.1 Å². The largest absolute Gasteiger partial charge is 0.465 e. The maximum atomic E-state index is 11.4. The minimum Gasteiger partial charge on any atom is -0.465 e. The van der Waals surface area contributed by atoms with Gasteiger partial charge >= 0.3 is 11.8 Å². The van der Waals surface area contributed by atoms with Crippen molar-refractivity contribution in [1.82, 2.24) is 9.55 Å². The van der Waals surface area contributed by atoms with Gasteiger partial charge in [-0.1, -0.05) is 22.0 Å². The molecular formula is C12H10BrN3O4. The predicted octanol–water partition coefficient (Wildman–Crippen LogP) is 2.39. The smallest absolute Gasteiger partial charge is 0.381 e. The van der Waals surface area contributed by atoms with E-state index in [1.54, 1.807) is 22.8 Å². The monoisotopic (exact) mass is 339 g/mol. The lowest BCUT2D eigenvalue weighted by molar-refractivity contribution is -0.389.